The summed E-state index contributed by atoms with van der Waals surface area (Å²) < 4.78 is 0. The second kappa shape index (κ2) is 4.40. The zero-order chi connectivity index (χ0) is 9.84. The highest BCUT2D eigenvalue weighted by molar-refractivity contribution is 5.23. The molecule has 0 aromatic heterocycles. The first-order valence-electron chi connectivity index (χ1n) is 4.58. The lowest BCUT2D eigenvalue weighted by atomic mass is 10.1. The maximum Gasteiger partial charge on any atom is 0.133 e. The average molecular weight is 179 g/mol. The van der Waals surface area contributed by atoms with Crippen molar-refractivity contribution in [3.05, 3.63) is 35.4 Å². The average Bonchev–Trinajstić information content (AvgIpc) is 2.17. The van der Waals surface area contributed by atoms with Gasteiger partial charge in [0.05, 0.1) is 0 Å². The minimum atomic E-state index is -0.495. The van der Waals surface area contributed by atoms with Crippen molar-refractivity contribution in [1.82, 2.24) is 4.90 Å². The Morgan fingerprint density at radius 3 is 2.15 bits per heavy atom. The van der Waals surface area contributed by atoms with Gasteiger partial charge in [-0.05, 0) is 31.6 Å². The van der Waals surface area contributed by atoms with E-state index in [1.165, 1.54) is 5.56 Å². The van der Waals surface area contributed by atoms with Gasteiger partial charge in [0.25, 0.3) is 0 Å². The maximum absolute atomic E-state index is 9.69. The van der Waals surface area contributed by atoms with E-state index < -0.39 is 6.23 Å². The number of aliphatic hydroxyl groups is 1. The summed E-state index contributed by atoms with van der Waals surface area (Å²) in [6.07, 6.45) is 0.545. The van der Waals surface area contributed by atoms with Gasteiger partial charge in [-0.1, -0.05) is 31.2 Å². The quantitative estimate of drug-likeness (QED) is 0.715. The zero-order valence-electron chi connectivity index (χ0n) is 8.49. The van der Waals surface area contributed by atoms with Gasteiger partial charge in [0.15, 0.2) is 0 Å². The standard InChI is InChI=1S/C11H17NO/c1-4-9-5-7-10(8-6-9)11(13)12(2)3/h5-8,11,13H,4H2,1-3H3. The second-order valence-electron chi connectivity index (χ2n) is 3.43. The minimum Gasteiger partial charge on any atom is -0.374 e. The Morgan fingerprint density at radius 2 is 1.77 bits per heavy atom. The van der Waals surface area contributed by atoms with Crippen molar-refractivity contribution >= 4 is 0 Å². The number of nitrogens with zero attached hydrogens (tertiary/aromatic N) is 1. The Morgan fingerprint density at radius 1 is 1.23 bits per heavy atom. The van der Waals surface area contributed by atoms with Crippen molar-refractivity contribution in [2.75, 3.05) is 14.1 Å². The smallest absolute Gasteiger partial charge is 0.133 e. The van der Waals surface area contributed by atoms with E-state index >= 15 is 0 Å². The molecule has 0 aliphatic carbocycles. The van der Waals surface area contributed by atoms with E-state index in [4.69, 9.17) is 0 Å². The molecule has 1 atom stereocenters. The van der Waals surface area contributed by atoms with Gasteiger partial charge >= 0.3 is 0 Å². The molecule has 2 heteroatoms. The molecule has 0 fully saturated rings. The SMILES string of the molecule is CCc1ccc(C(O)N(C)C)cc1. The Labute approximate surface area is 79.8 Å². The summed E-state index contributed by atoms with van der Waals surface area (Å²) in [5.74, 6) is 0. The fraction of sp³-hybridized carbons (Fsp3) is 0.455. The molecule has 0 aliphatic heterocycles. The number of rotatable bonds is 3. The van der Waals surface area contributed by atoms with E-state index in [9.17, 15) is 5.11 Å². The van der Waals surface area contributed by atoms with Gasteiger partial charge in [-0.3, -0.25) is 4.90 Å². The van der Waals surface area contributed by atoms with Gasteiger partial charge < -0.3 is 5.11 Å². The molecule has 13 heavy (non-hydrogen) atoms. The molecule has 0 heterocycles. The lowest BCUT2D eigenvalue weighted by Gasteiger charge is -2.18. The van der Waals surface area contributed by atoms with Gasteiger partial charge in [-0.25, -0.2) is 0 Å². The first-order chi connectivity index (χ1) is 6.15. The van der Waals surface area contributed by atoms with Crippen LogP contribution in [0.5, 0.6) is 0 Å². The van der Waals surface area contributed by atoms with Crippen LogP contribution in [0.3, 0.4) is 0 Å². The van der Waals surface area contributed by atoms with Crippen LogP contribution in [-0.4, -0.2) is 24.1 Å². The number of aryl methyl sites for hydroxylation is 1. The summed E-state index contributed by atoms with van der Waals surface area (Å²) in [6, 6.07) is 8.07. The molecule has 0 aliphatic rings. The van der Waals surface area contributed by atoms with Crippen LogP contribution in [-0.2, 0) is 6.42 Å². The molecule has 1 aromatic rings. The molecule has 1 N–H and O–H groups in total. The number of benzene rings is 1. The Bertz CT molecular complexity index is 253. The Balaban J connectivity index is 2.79. The van der Waals surface area contributed by atoms with Crippen LogP contribution < -0.4 is 0 Å². The minimum absolute atomic E-state index is 0.495. The van der Waals surface area contributed by atoms with Gasteiger partial charge in [0, 0.05) is 0 Å². The summed E-state index contributed by atoms with van der Waals surface area (Å²) in [7, 11) is 3.72. The summed E-state index contributed by atoms with van der Waals surface area (Å²) in [5.41, 5.74) is 2.25. The van der Waals surface area contributed by atoms with Crippen LogP contribution >= 0.6 is 0 Å². The van der Waals surface area contributed by atoms with Crippen molar-refractivity contribution in [3.8, 4) is 0 Å². The largest absolute Gasteiger partial charge is 0.374 e. The third kappa shape index (κ3) is 2.54. The van der Waals surface area contributed by atoms with E-state index in [0.717, 1.165) is 12.0 Å². The zero-order valence-corrected chi connectivity index (χ0v) is 8.49. The van der Waals surface area contributed by atoms with E-state index in [-0.39, 0.29) is 0 Å². The molecule has 72 valence electrons. The Kier molecular flexibility index (Phi) is 3.46. The molecule has 0 saturated carbocycles. The second-order valence-corrected chi connectivity index (χ2v) is 3.43. The normalized spacial score (nSPS) is 13.3. The summed E-state index contributed by atoms with van der Waals surface area (Å²) in [6.45, 7) is 2.12. The third-order valence-corrected chi connectivity index (χ3v) is 2.18. The summed E-state index contributed by atoms with van der Waals surface area (Å²) in [4.78, 5) is 1.78. The molecule has 2 nitrogen and oxygen atoms in total. The predicted octanol–water partition coefficient (Wildman–Crippen LogP) is 1.80. The topological polar surface area (TPSA) is 23.5 Å². The highest BCUT2D eigenvalue weighted by Crippen LogP contribution is 2.15. The molecule has 0 amide bonds. The molecule has 0 bridgehead atoms. The van der Waals surface area contributed by atoms with Gasteiger partial charge in [0.2, 0.25) is 0 Å². The van der Waals surface area contributed by atoms with E-state index in [1.807, 2.05) is 26.2 Å². The Hall–Kier alpha value is -0.860. The van der Waals surface area contributed by atoms with Crippen LogP contribution in [0.4, 0.5) is 0 Å². The van der Waals surface area contributed by atoms with Crippen molar-refractivity contribution < 1.29 is 5.11 Å². The fourth-order valence-electron chi connectivity index (χ4n) is 1.22. The van der Waals surface area contributed by atoms with E-state index in [1.54, 1.807) is 4.90 Å². The van der Waals surface area contributed by atoms with Gasteiger partial charge in [-0.15, -0.1) is 0 Å². The van der Waals surface area contributed by atoms with Crippen molar-refractivity contribution in [1.29, 1.82) is 0 Å². The van der Waals surface area contributed by atoms with Crippen LogP contribution in [0.2, 0.25) is 0 Å². The van der Waals surface area contributed by atoms with Crippen LogP contribution in [0.15, 0.2) is 24.3 Å². The lowest BCUT2D eigenvalue weighted by Crippen LogP contribution is -2.19. The highest BCUT2D eigenvalue weighted by Gasteiger charge is 2.08. The molecular formula is C11H17NO. The summed E-state index contributed by atoms with van der Waals surface area (Å²) in [5, 5.41) is 9.69. The molecule has 1 rings (SSSR count). The highest BCUT2D eigenvalue weighted by atomic mass is 16.3. The molecule has 1 aromatic carbocycles. The predicted molar refractivity (Wildman–Crippen MR) is 54.5 cm³/mol. The number of aliphatic hydroxyl groups excluding tert-OH is 1. The van der Waals surface area contributed by atoms with Crippen LogP contribution in [0, 0.1) is 0 Å². The van der Waals surface area contributed by atoms with Gasteiger partial charge in [-0.2, -0.15) is 0 Å². The van der Waals surface area contributed by atoms with E-state index in [2.05, 4.69) is 19.1 Å². The lowest BCUT2D eigenvalue weighted by molar-refractivity contribution is 0.0395. The third-order valence-electron chi connectivity index (χ3n) is 2.18. The monoisotopic (exact) mass is 179 g/mol. The van der Waals surface area contributed by atoms with Crippen LogP contribution in [0.25, 0.3) is 0 Å². The number of hydrogen-bond donors (Lipinski definition) is 1. The molecule has 0 radical (unpaired) electrons. The molecule has 0 spiro atoms. The molecule has 1 unspecified atom stereocenters. The van der Waals surface area contributed by atoms with E-state index in [0.29, 0.717) is 0 Å². The van der Waals surface area contributed by atoms with Crippen molar-refractivity contribution in [2.24, 2.45) is 0 Å². The van der Waals surface area contributed by atoms with Crippen molar-refractivity contribution in [3.63, 3.8) is 0 Å². The first kappa shape index (κ1) is 10.2. The van der Waals surface area contributed by atoms with Gasteiger partial charge in [0.1, 0.15) is 6.23 Å². The fourth-order valence-corrected chi connectivity index (χ4v) is 1.22. The number of hydrogen-bond acceptors (Lipinski definition) is 2. The maximum atomic E-state index is 9.69. The van der Waals surface area contributed by atoms with Crippen molar-refractivity contribution in [2.45, 2.75) is 19.6 Å². The first-order valence-corrected chi connectivity index (χ1v) is 4.58. The van der Waals surface area contributed by atoms with Crippen LogP contribution in [0.1, 0.15) is 24.3 Å². The summed E-state index contributed by atoms with van der Waals surface area (Å²) >= 11 is 0. The molecule has 0 saturated heterocycles. The molecular weight excluding hydrogens is 162 g/mol.